The van der Waals surface area contributed by atoms with Crippen molar-refractivity contribution in [2.45, 2.75) is 51.0 Å². The third-order valence-corrected chi connectivity index (χ3v) is 6.83. The zero-order valence-electron chi connectivity index (χ0n) is 16.5. The molecule has 1 aromatic carbocycles. The number of carbonyl (C=O) groups is 1. The largest absolute Gasteiger partial charge is 0.381 e. The van der Waals surface area contributed by atoms with Crippen LogP contribution in [0, 0.1) is 5.41 Å². The number of H-pyrrole nitrogens is 1. The average molecular weight is 401 g/mol. The van der Waals surface area contributed by atoms with Crippen LogP contribution < -0.4 is 0 Å². The third-order valence-electron chi connectivity index (χ3n) is 6.58. The summed E-state index contributed by atoms with van der Waals surface area (Å²) in [6, 6.07) is 11.9. The second-order valence-corrected chi connectivity index (χ2v) is 8.74. The number of benzene rings is 1. The molecule has 1 N–H and O–H groups in total. The zero-order valence-corrected chi connectivity index (χ0v) is 17.3. The van der Waals surface area contributed by atoms with E-state index in [0.29, 0.717) is 12.5 Å². The van der Waals surface area contributed by atoms with E-state index in [0.717, 1.165) is 54.3 Å². The number of aryl methyl sites for hydroxylation is 1. The predicted molar refractivity (Wildman–Crippen MR) is 112 cm³/mol. The molecule has 1 aliphatic carbocycles. The van der Waals surface area contributed by atoms with Gasteiger partial charge in [-0.15, -0.1) is 0 Å². The Hall–Kier alpha value is -1.78. The number of ether oxygens (including phenoxy) is 1. The van der Waals surface area contributed by atoms with E-state index in [-0.39, 0.29) is 11.3 Å². The highest BCUT2D eigenvalue weighted by Gasteiger charge is 2.46. The summed E-state index contributed by atoms with van der Waals surface area (Å²) in [4.78, 5) is 18.4. The van der Waals surface area contributed by atoms with Gasteiger partial charge in [0.25, 0.3) is 0 Å². The van der Waals surface area contributed by atoms with Crippen molar-refractivity contribution in [1.82, 2.24) is 9.88 Å². The molecule has 2 atom stereocenters. The molecule has 1 aliphatic heterocycles. The van der Waals surface area contributed by atoms with Crippen molar-refractivity contribution in [2.75, 3.05) is 20.2 Å². The molecule has 0 radical (unpaired) electrons. The Morgan fingerprint density at radius 2 is 2.00 bits per heavy atom. The predicted octanol–water partition coefficient (Wildman–Crippen LogP) is 5.08. The molecule has 1 spiro atoms. The highest BCUT2D eigenvalue weighted by molar-refractivity contribution is 6.30. The fourth-order valence-electron chi connectivity index (χ4n) is 5.10. The van der Waals surface area contributed by atoms with E-state index in [1.54, 1.807) is 0 Å². The van der Waals surface area contributed by atoms with Crippen LogP contribution in [0.1, 0.15) is 44.2 Å². The minimum atomic E-state index is 0.191. The van der Waals surface area contributed by atoms with Crippen LogP contribution in [0.25, 0.3) is 11.3 Å². The van der Waals surface area contributed by atoms with E-state index in [2.05, 4.69) is 22.0 Å². The third kappa shape index (κ3) is 3.99. The second-order valence-electron chi connectivity index (χ2n) is 8.30. The molecule has 28 heavy (non-hydrogen) atoms. The Morgan fingerprint density at radius 3 is 2.79 bits per heavy atom. The van der Waals surface area contributed by atoms with Gasteiger partial charge in [0, 0.05) is 48.4 Å². The molecule has 2 fully saturated rings. The summed E-state index contributed by atoms with van der Waals surface area (Å²) in [5.41, 5.74) is 3.45. The molecule has 4 rings (SSSR count). The first-order chi connectivity index (χ1) is 13.6. The Bertz CT molecular complexity index is 816. The summed E-state index contributed by atoms with van der Waals surface area (Å²) in [5.74, 6) is 0.267. The maximum absolute atomic E-state index is 12.9. The normalized spacial score (nSPS) is 24.8. The summed E-state index contributed by atoms with van der Waals surface area (Å²) in [7, 11) is 1.82. The van der Waals surface area contributed by atoms with Gasteiger partial charge in [0.05, 0.1) is 6.10 Å². The van der Waals surface area contributed by atoms with E-state index in [4.69, 9.17) is 16.3 Å². The number of halogens is 1. The number of methoxy groups -OCH3 is 1. The lowest BCUT2D eigenvalue weighted by Crippen LogP contribution is -2.49. The molecular weight excluding hydrogens is 372 g/mol. The van der Waals surface area contributed by atoms with Crippen LogP contribution in [-0.2, 0) is 16.0 Å². The number of rotatable bonds is 5. The van der Waals surface area contributed by atoms with Crippen LogP contribution in [0.3, 0.4) is 0 Å². The van der Waals surface area contributed by atoms with E-state index in [1.165, 1.54) is 19.3 Å². The quantitative estimate of drug-likeness (QED) is 0.761. The lowest BCUT2D eigenvalue weighted by Gasteiger charge is -2.43. The number of amides is 1. The average Bonchev–Trinajstić information content (AvgIpc) is 3.34. The van der Waals surface area contributed by atoms with Crippen molar-refractivity contribution < 1.29 is 9.53 Å². The molecule has 1 saturated carbocycles. The Morgan fingerprint density at radius 1 is 1.21 bits per heavy atom. The van der Waals surface area contributed by atoms with E-state index in [9.17, 15) is 4.79 Å². The lowest BCUT2D eigenvalue weighted by molar-refractivity contribution is -0.137. The smallest absolute Gasteiger partial charge is 0.222 e. The summed E-state index contributed by atoms with van der Waals surface area (Å²) in [6.07, 6.45) is 7.43. The molecule has 1 saturated heterocycles. The molecule has 1 amide bonds. The standard InChI is InChI=1S/C23H29ClN2O2/c1-28-21-4-2-13-23(21)14-3-15-26(16-23)22(27)12-10-19-9-11-20(25-19)17-5-7-18(24)8-6-17/h5-9,11,21,25H,2-4,10,12-16H2,1H3/t21-,23-/m1/s1. The maximum atomic E-state index is 12.9. The Kier molecular flexibility index (Phi) is 5.79. The van der Waals surface area contributed by atoms with E-state index in [1.807, 2.05) is 31.4 Å². The molecule has 0 unspecified atom stereocenters. The molecule has 2 aliphatic rings. The summed E-state index contributed by atoms with van der Waals surface area (Å²) >= 11 is 5.97. The first kappa shape index (κ1) is 19.5. The first-order valence-electron chi connectivity index (χ1n) is 10.3. The van der Waals surface area contributed by atoms with Crippen molar-refractivity contribution >= 4 is 17.5 Å². The fraction of sp³-hybridized carbons (Fsp3) is 0.522. The van der Waals surface area contributed by atoms with Gasteiger partial charge in [-0.05, 0) is 61.9 Å². The van der Waals surface area contributed by atoms with Crippen LogP contribution in [0.2, 0.25) is 5.02 Å². The Labute approximate surface area is 172 Å². The number of nitrogens with one attached hydrogen (secondary N) is 1. The minimum Gasteiger partial charge on any atom is -0.381 e. The minimum absolute atomic E-state index is 0.191. The Balaban J connectivity index is 1.35. The van der Waals surface area contributed by atoms with E-state index >= 15 is 0 Å². The molecule has 2 aromatic rings. The van der Waals surface area contributed by atoms with Gasteiger partial charge in [-0.25, -0.2) is 0 Å². The molecule has 1 aromatic heterocycles. The van der Waals surface area contributed by atoms with Crippen molar-refractivity contribution in [1.29, 1.82) is 0 Å². The van der Waals surface area contributed by atoms with Gasteiger partial charge in [0.2, 0.25) is 5.91 Å². The number of carbonyl (C=O) groups excluding carboxylic acids is 1. The molecule has 2 heterocycles. The molecular formula is C23H29ClN2O2. The van der Waals surface area contributed by atoms with Crippen molar-refractivity contribution in [2.24, 2.45) is 5.41 Å². The fourth-order valence-corrected chi connectivity index (χ4v) is 5.22. The van der Waals surface area contributed by atoms with Crippen LogP contribution in [0.4, 0.5) is 0 Å². The number of piperidine rings is 1. The number of nitrogens with zero attached hydrogens (tertiary/aromatic N) is 1. The number of likely N-dealkylation sites (tertiary alicyclic amines) is 1. The summed E-state index contributed by atoms with van der Waals surface area (Å²) < 4.78 is 5.76. The van der Waals surface area contributed by atoms with Gasteiger partial charge < -0.3 is 14.6 Å². The van der Waals surface area contributed by atoms with Crippen LogP contribution >= 0.6 is 11.6 Å². The monoisotopic (exact) mass is 400 g/mol. The van der Waals surface area contributed by atoms with Crippen molar-refractivity contribution in [3.63, 3.8) is 0 Å². The SMILES string of the molecule is CO[C@@H]1CCC[C@]12CCCN(C(=O)CCc1ccc(-c3ccc(Cl)cc3)[nH]1)C2. The molecule has 150 valence electrons. The van der Waals surface area contributed by atoms with Gasteiger partial charge in [0.1, 0.15) is 0 Å². The van der Waals surface area contributed by atoms with Gasteiger partial charge in [0.15, 0.2) is 0 Å². The van der Waals surface area contributed by atoms with Crippen molar-refractivity contribution in [3.05, 3.63) is 47.1 Å². The number of hydrogen-bond donors (Lipinski definition) is 1. The van der Waals surface area contributed by atoms with Crippen LogP contribution in [-0.4, -0.2) is 42.1 Å². The van der Waals surface area contributed by atoms with Gasteiger partial charge in [-0.3, -0.25) is 4.79 Å². The lowest BCUT2D eigenvalue weighted by atomic mass is 9.76. The number of hydrogen-bond acceptors (Lipinski definition) is 2. The molecule has 0 bridgehead atoms. The first-order valence-corrected chi connectivity index (χ1v) is 10.7. The number of aromatic amines is 1. The van der Waals surface area contributed by atoms with Crippen LogP contribution in [0.15, 0.2) is 36.4 Å². The summed E-state index contributed by atoms with van der Waals surface area (Å²) in [6.45, 7) is 1.75. The molecule has 4 nitrogen and oxygen atoms in total. The zero-order chi connectivity index (χ0) is 19.6. The summed E-state index contributed by atoms with van der Waals surface area (Å²) in [5, 5.41) is 0.735. The van der Waals surface area contributed by atoms with Crippen molar-refractivity contribution in [3.8, 4) is 11.3 Å². The van der Waals surface area contributed by atoms with Crippen LogP contribution in [0.5, 0.6) is 0 Å². The topological polar surface area (TPSA) is 45.3 Å². The second kappa shape index (κ2) is 8.30. The maximum Gasteiger partial charge on any atom is 0.222 e. The van der Waals surface area contributed by atoms with Gasteiger partial charge >= 0.3 is 0 Å². The number of aromatic nitrogens is 1. The molecule has 5 heteroatoms. The van der Waals surface area contributed by atoms with Gasteiger partial charge in [-0.1, -0.05) is 30.2 Å². The van der Waals surface area contributed by atoms with E-state index < -0.39 is 0 Å². The highest BCUT2D eigenvalue weighted by atomic mass is 35.5. The van der Waals surface area contributed by atoms with Gasteiger partial charge in [-0.2, -0.15) is 0 Å². The highest BCUT2D eigenvalue weighted by Crippen LogP contribution is 2.46.